The first-order valence-corrected chi connectivity index (χ1v) is 9.27. The zero-order valence-corrected chi connectivity index (χ0v) is 16.3. The van der Waals surface area contributed by atoms with E-state index in [9.17, 15) is 14.4 Å². The Hall–Kier alpha value is -1.60. The van der Waals surface area contributed by atoms with Crippen molar-refractivity contribution in [2.45, 2.75) is 58.2 Å². The number of amides is 1. The van der Waals surface area contributed by atoms with Crippen molar-refractivity contribution in [2.75, 3.05) is 13.1 Å². The summed E-state index contributed by atoms with van der Waals surface area (Å²) in [6, 6.07) is 2.03. The van der Waals surface area contributed by atoms with Crippen molar-refractivity contribution in [3.63, 3.8) is 0 Å². The number of hydrogen-bond donors (Lipinski definition) is 2. The van der Waals surface area contributed by atoms with E-state index in [1.807, 2.05) is 0 Å². The van der Waals surface area contributed by atoms with Crippen molar-refractivity contribution in [3.8, 4) is 0 Å². The van der Waals surface area contributed by atoms with Gasteiger partial charge in [0, 0.05) is 37.4 Å². The molecule has 1 aromatic heterocycles. The zero-order chi connectivity index (χ0) is 18.0. The Kier molecular flexibility index (Phi) is 7.06. The van der Waals surface area contributed by atoms with Crippen LogP contribution in [-0.4, -0.2) is 45.5 Å². The first-order chi connectivity index (χ1) is 11.9. The highest BCUT2D eigenvalue weighted by molar-refractivity contribution is 5.85. The second kappa shape index (κ2) is 8.86. The lowest BCUT2D eigenvalue weighted by Gasteiger charge is -2.23. The minimum atomic E-state index is -0.554. The topological polar surface area (TPSA) is 87.2 Å². The van der Waals surface area contributed by atoms with E-state index in [0.717, 1.165) is 13.1 Å². The Balaban J connectivity index is 0.00000243. The van der Waals surface area contributed by atoms with Gasteiger partial charge in [-0.1, -0.05) is 26.7 Å². The fourth-order valence-electron chi connectivity index (χ4n) is 4.23. The lowest BCUT2D eigenvalue weighted by atomic mass is 9.91. The minimum Gasteiger partial charge on any atom is -0.350 e. The van der Waals surface area contributed by atoms with E-state index in [4.69, 9.17) is 0 Å². The van der Waals surface area contributed by atoms with Gasteiger partial charge in [0.1, 0.15) is 6.54 Å². The summed E-state index contributed by atoms with van der Waals surface area (Å²) < 4.78 is 1.23. The van der Waals surface area contributed by atoms with Crippen molar-refractivity contribution in [1.29, 1.82) is 0 Å². The molecule has 0 spiro atoms. The third-order valence-electron chi connectivity index (χ3n) is 5.65. The highest BCUT2D eigenvalue weighted by Gasteiger charge is 2.38. The molecular weight excluding hydrogens is 356 g/mol. The Morgan fingerprint density at radius 2 is 1.96 bits per heavy atom. The van der Waals surface area contributed by atoms with Crippen LogP contribution in [-0.2, 0) is 11.3 Å². The van der Waals surface area contributed by atoms with Gasteiger partial charge in [0.25, 0.3) is 5.56 Å². The van der Waals surface area contributed by atoms with Gasteiger partial charge in [0.05, 0.1) is 0 Å². The van der Waals surface area contributed by atoms with Crippen LogP contribution in [0, 0.1) is 11.8 Å². The minimum absolute atomic E-state index is 0. The van der Waals surface area contributed by atoms with Crippen LogP contribution in [0.1, 0.15) is 39.5 Å². The number of likely N-dealkylation sites (tertiary alicyclic amines) is 1. The normalized spacial score (nSPS) is 24.0. The smallest absolute Gasteiger partial charge is 0.328 e. The van der Waals surface area contributed by atoms with Crippen LogP contribution in [0.15, 0.2) is 21.9 Å². The quantitative estimate of drug-likeness (QED) is 0.792. The predicted octanol–water partition coefficient (Wildman–Crippen LogP) is 0.974. The van der Waals surface area contributed by atoms with Crippen LogP contribution in [0.4, 0.5) is 0 Å². The average Bonchev–Trinajstić information content (AvgIpc) is 3.19. The zero-order valence-electron chi connectivity index (χ0n) is 15.4. The maximum Gasteiger partial charge on any atom is 0.328 e. The highest BCUT2D eigenvalue weighted by Crippen LogP contribution is 2.31. The summed E-state index contributed by atoms with van der Waals surface area (Å²) in [4.78, 5) is 40.0. The number of carbonyl (C=O) groups is 1. The van der Waals surface area contributed by atoms with Crippen molar-refractivity contribution < 1.29 is 4.79 Å². The fraction of sp³-hybridized carbons (Fsp3) is 0.722. The Morgan fingerprint density at radius 3 is 2.58 bits per heavy atom. The summed E-state index contributed by atoms with van der Waals surface area (Å²) in [5, 5.41) is 3.12. The molecule has 2 heterocycles. The van der Waals surface area contributed by atoms with E-state index in [0.29, 0.717) is 17.9 Å². The molecule has 1 amide bonds. The highest BCUT2D eigenvalue weighted by atomic mass is 35.5. The number of hydrogen-bond acceptors (Lipinski definition) is 4. The number of H-pyrrole nitrogens is 1. The molecule has 1 saturated heterocycles. The van der Waals surface area contributed by atoms with E-state index in [2.05, 4.69) is 29.0 Å². The number of nitrogens with zero attached hydrogens (tertiary/aromatic N) is 2. The van der Waals surface area contributed by atoms with Crippen molar-refractivity contribution in [2.24, 2.45) is 11.8 Å². The molecule has 2 N–H and O–H groups in total. The first kappa shape index (κ1) is 20.7. The molecule has 2 aliphatic rings. The number of nitrogens with one attached hydrogen (secondary N) is 2. The van der Waals surface area contributed by atoms with Gasteiger partial charge in [-0.3, -0.25) is 24.0 Å². The molecule has 7 nitrogen and oxygen atoms in total. The summed E-state index contributed by atoms with van der Waals surface area (Å²) in [6.07, 6.45) is 6.50. The third-order valence-corrected chi connectivity index (χ3v) is 5.65. The van der Waals surface area contributed by atoms with E-state index in [1.54, 1.807) is 0 Å². The second-order valence-corrected chi connectivity index (χ2v) is 7.71. The number of rotatable bonds is 5. The van der Waals surface area contributed by atoms with Crippen LogP contribution in [0.25, 0.3) is 0 Å². The van der Waals surface area contributed by atoms with Gasteiger partial charge in [-0.2, -0.15) is 0 Å². The predicted molar refractivity (Wildman–Crippen MR) is 103 cm³/mol. The van der Waals surface area contributed by atoms with Crippen molar-refractivity contribution in [3.05, 3.63) is 33.1 Å². The molecule has 0 bridgehead atoms. The first-order valence-electron chi connectivity index (χ1n) is 9.27. The van der Waals surface area contributed by atoms with Crippen LogP contribution >= 0.6 is 12.4 Å². The van der Waals surface area contributed by atoms with Gasteiger partial charge in [-0.15, -0.1) is 12.4 Å². The number of aromatic amines is 1. The van der Waals surface area contributed by atoms with E-state index in [1.165, 1.54) is 42.5 Å². The Morgan fingerprint density at radius 1 is 1.27 bits per heavy atom. The third kappa shape index (κ3) is 4.76. The molecule has 3 rings (SSSR count). The van der Waals surface area contributed by atoms with Crippen LogP contribution in [0.3, 0.4) is 0 Å². The molecule has 1 saturated carbocycles. The Labute approximate surface area is 159 Å². The number of halogens is 1. The summed E-state index contributed by atoms with van der Waals surface area (Å²) in [7, 11) is 0. The van der Waals surface area contributed by atoms with Gasteiger partial charge in [-0.25, -0.2) is 4.79 Å². The lowest BCUT2D eigenvalue weighted by molar-refractivity contribution is -0.122. The van der Waals surface area contributed by atoms with E-state index in [-0.39, 0.29) is 30.9 Å². The van der Waals surface area contributed by atoms with E-state index >= 15 is 0 Å². The summed E-state index contributed by atoms with van der Waals surface area (Å²) in [5.74, 6) is 0.738. The molecule has 1 aliphatic carbocycles. The molecule has 1 aliphatic heterocycles. The maximum absolute atomic E-state index is 12.4. The molecule has 2 fully saturated rings. The van der Waals surface area contributed by atoms with Crippen LogP contribution in [0.2, 0.25) is 0 Å². The molecule has 0 radical (unpaired) electrons. The number of carbonyl (C=O) groups excluding carboxylic acids is 1. The largest absolute Gasteiger partial charge is 0.350 e. The SMILES string of the molecule is CC(C)[C@H]1CN(C2CCCC2)C[C@@H]1NC(=O)Cn1ccc(=O)[nH]c1=O.Cl. The molecule has 0 unspecified atom stereocenters. The maximum atomic E-state index is 12.4. The molecule has 0 aromatic carbocycles. The molecule has 1 aromatic rings. The molecule has 146 valence electrons. The van der Waals surface area contributed by atoms with Gasteiger partial charge >= 0.3 is 5.69 Å². The standard InChI is InChI=1S/C18H28N4O3.ClH/c1-12(2)14-9-22(13-5-3-4-6-13)10-15(14)19-17(24)11-21-8-7-16(23)20-18(21)25;/h7-8,12-15H,3-6,9-11H2,1-2H3,(H,19,24)(H,20,23,25);1H/t14-,15+;/m1./s1. The van der Waals surface area contributed by atoms with Gasteiger partial charge in [0.15, 0.2) is 0 Å². The van der Waals surface area contributed by atoms with Gasteiger partial charge in [0.2, 0.25) is 5.91 Å². The summed E-state index contributed by atoms with van der Waals surface area (Å²) in [6.45, 7) is 6.26. The summed E-state index contributed by atoms with van der Waals surface area (Å²) in [5.41, 5.74) is -1.01. The van der Waals surface area contributed by atoms with E-state index < -0.39 is 11.2 Å². The van der Waals surface area contributed by atoms with Crippen molar-refractivity contribution >= 4 is 18.3 Å². The fourth-order valence-corrected chi connectivity index (χ4v) is 4.23. The molecule has 8 heteroatoms. The molecule has 26 heavy (non-hydrogen) atoms. The molecular formula is C18H29ClN4O3. The van der Waals surface area contributed by atoms with Crippen molar-refractivity contribution in [1.82, 2.24) is 19.8 Å². The van der Waals surface area contributed by atoms with Crippen LogP contribution < -0.4 is 16.6 Å². The monoisotopic (exact) mass is 384 g/mol. The van der Waals surface area contributed by atoms with Crippen LogP contribution in [0.5, 0.6) is 0 Å². The summed E-state index contributed by atoms with van der Waals surface area (Å²) >= 11 is 0. The molecule has 2 atom stereocenters. The average molecular weight is 385 g/mol. The lowest BCUT2D eigenvalue weighted by Crippen LogP contribution is -2.45. The van der Waals surface area contributed by atoms with Gasteiger partial charge in [-0.05, 0) is 24.7 Å². The Bertz CT molecular complexity index is 724. The van der Waals surface area contributed by atoms with Gasteiger partial charge < -0.3 is 5.32 Å². The number of aromatic nitrogens is 2. The second-order valence-electron chi connectivity index (χ2n) is 7.71.